The third-order valence-electron chi connectivity index (χ3n) is 2.38. The molecule has 0 bridgehead atoms. The van der Waals surface area contributed by atoms with E-state index < -0.39 is 6.10 Å². The molecule has 1 atom stereocenters. The van der Waals surface area contributed by atoms with Gasteiger partial charge in [0.05, 0.1) is 11.8 Å². The summed E-state index contributed by atoms with van der Waals surface area (Å²) < 4.78 is 13.4. The Morgan fingerprint density at radius 3 is 2.75 bits per heavy atom. The highest BCUT2D eigenvalue weighted by atomic mass is 19.1. The van der Waals surface area contributed by atoms with Gasteiger partial charge >= 0.3 is 0 Å². The van der Waals surface area contributed by atoms with Crippen LogP contribution in [0.2, 0.25) is 0 Å². The van der Waals surface area contributed by atoms with Gasteiger partial charge in [0, 0.05) is 20.1 Å². The van der Waals surface area contributed by atoms with Crippen molar-refractivity contribution in [3.63, 3.8) is 0 Å². The Labute approximate surface area is 95.9 Å². The summed E-state index contributed by atoms with van der Waals surface area (Å²) in [6.07, 6.45) is -0.496. The van der Waals surface area contributed by atoms with E-state index in [-0.39, 0.29) is 5.82 Å². The molecular formula is C12H19FN2O. The van der Waals surface area contributed by atoms with E-state index in [0.717, 1.165) is 6.54 Å². The Bertz CT molecular complexity index is 320. The van der Waals surface area contributed by atoms with Crippen molar-refractivity contribution in [2.45, 2.75) is 13.0 Å². The standard InChI is InChI=1S/C12H19FN2O/c1-3-14-8-10(16)9-15(2)12-7-5-4-6-11(12)13/h4-7,10,14,16H,3,8-9H2,1-2H3. The van der Waals surface area contributed by atoms with Crippen LogP contribution in [0, 0.1) is 5.82 Å². The van der Waals surface area contributed by atoms with Gasteiger partial charge < -0.3 is 15.3 Å². The number of anilines is 1. The first-order chi connectivity index (χ1) is 7.65. The molecule has 0 fully saturated rings. The molecule has 0 spiro atoms. The van der Waals surface area contributed by atoms with Crippen LogP contribution in [0.15, 0.2) is 24.3 Å². The van der Waals surface area contributed by atoms with Crippen molar-refractivity contribution in [1.29, 1.82) is 0 Å². The maximum Gasteiger partial charge on any atom is 0.146 e. The molecule has 1 unspecified atom stereocenters. The number of aliphatic hydroxyl groups is 1. The van der Waals surface area contributed by atoms with Gasteiger partial charge in [0.25, 0.3) is 0 Å². The lowest BCUT2D eigenvalue weighted by Crippen LogP contribution is -2.36. The molecule has 3 nitrogen and oxygen atoms in total. The first-order valence-corrected chi connectivity index (χ1v) is 5.49. The predicted octanol–water partition coefficient (Wildman–Crippen LogP) is 1.23. The third kappa shape index (κ3) is 3.79. The van der Waals surface area contributed by atoms with Crippen LogP contribution in [0.4, 0.5) is 10.1 Å². The quantitative estimate of drug-likeness (QED) is 0.766. The molecule has 90 valence electrons. The van der Waals surface area contributed by atoms with E-state index in [1.54, 1.807) is 30.1 Å². The predicted molar refractivity (Wildman–Crippen MR) is 64.2 cm³/mol. The van der Waals surface area contributed by atoms with E-state index in [0.29, 0.717) is 18.8 Å². The molecule has 16 heavy (non-hydrogen) atoms. The van der Waals surface area contributed by atoms with E-state index in [9.17, 15) is 9.50 Å². The lowest BCUT2D eigenvalue weighted by molar-refractivity contribution is 0.179. The van der Waals surface area contributed by atoms with Crippen LogP contribution in [0.25, 0.3) is 0 Å². The van der Waals surface area contributed by atoms with Crippen molar-refractivity contribution in [2.75, 3.05) is 31.6 Å². The SMILES string of the molecule is CCNCC(O)CN(C)c1ccccc1F. The minimum Gasteiger partial charge on any atom is -0.390 e. The van der Waals surface area contributed by atoms with Gasteiger partial charge in [-0.2, -0.15) is 0 Å². The highest BCUT2D eigenvalue weighted by molar-refractivity contribution is 5.46. The Balaban J connectivity index is 2.52. The fourth-order valence-corrected chi connectivity index (χ4v) is 1.55. The van der Waals surface area contributed by atoms with Crippen molar-refractivity contribution in [3.05, 3.63) is 30.1 Å². The van der Waals surface area contributed by atoms with E-state index in [4.69, 9.17) is 0 Å². The number of hydrogen-bond acceptors (Lipinski definition) is 3. The lowest BCUT2D eigenvalue weighted by atomic mass is 10.2. The smallest absolute Gasteiger partial charge is 0.146 e. The highest BCUT2D eigenvalue weighted by Crippen LogP contribution is 2.16. The van der Waals surface area contributed by atoms with Crippen LogP contribution in [-0.4, -0.2) is 37.9 Å². The molecule has 1 aromatic carbocycles. The van der Waals surface area contributed by atoms with Crippen LogP contribution in [0.3, 0.4) is 0 Å². The molecule has 4 heteroatoms. The minimum atomic E-state index is -0.496. The van der Waals surface area contributed by atoms with E-state index >= 15 is 0 Å². The number of rotatable bonds is 6. The van der Waals surface area contributed by atoms with E-state index in [1.165, 1.54) is 6.07 Å². The zero-order chi connectivity index (χ0) is 12.0. The second-order valence-electron chi connectivity index (χ2n) is 3.79. The van der Waals surface area contributed by atoms with Crippen molar-refractivity contribution < 1.29 is 9.50 Å². The average Bonchev–Trinajstić information content (AvgIpc) is 2.26. The highest BCUT2D eigenvalue weighted by Gasteiger charge is 2.11. The van der Waals surface area contributed by atoms with Crippen molar-refractivity contribution >= 4 is 5.69 Å². The van der Waals surface area contributed by atoms with Crippen molar-refractivity contribution in [3.8, 4) is 0 Å². The van der Waals surface area contributed by atoms with E-state index in [2.05, 4.69) is 5.32 Å². The van der Waals surface area contributed by atoms with Gasteiger partial charge in [0.15, 0.2) is 0 Å². The molecule has 0 aliphatic carbocycles. The van der Waals surface area contributed by atoms with Crippen LogP contribution in [-0.2, 0) is 0 Å². The Morgan fingerprint density at radius 2 is 2.12 bits per heavy atom. The van der Waals surface area contributed by atoms with Gasteiger partial charge in [0.2, 0.25) is 0 Å². The maximum atomic E-state index is 13.4. The Kier molecular flexibility index (Phi) is 5.22. The molecule has 0 saturated heterocycles. The summed E-state index contributed by atoms with van der Waals surface area (Å²) in [7, 11) is 1.77. The Morgan fingerprint density at radius 1 is 1.44 bits per heavy atom. The second-order valence-corrected chi connectivity index (χ2v) is 3.79. The fourth-order valence-electron chi connectivity index (χ4n) is 1.55. The first-order valence-electron chi connectivity index (χ1n) is 5.49. The molecule has 1 rings (SSSR count). The van der Waals surface area contributed by atoms with Crippen LogP contribution >= 0.6 is 0 Å². The zero-order valence-electron chi connectivity index (χ0n) is 9.78. The molecule has 2 N–H and O–H groups in total. The number of benzene rings is 1. The van der Waals surface area contributed by atoms with Gasteiger partial charge in [-0.05, 0) is 18.7 Å². The van der Waals surface area contributed by atoms with Gasteiger partial charge in [-0.3, -0.25) is 0 Å². The minimum absolute atomic E-state index is 0.263. The number of nitrogens with zero attached hydrogens (tertiary/aromatic N) is 1. The summed E-state index contributed by atoms with van der Waals surface area (Å²) in [4.78, 5) is 1.72. The molecule has 0 amide bonds. The average molecular weight is 226 g/mol. The molecule has 0 aromatic heterocycles. The largest absolute Gasteiger partial charge is 0.390 e. The van der Waals surface area contributed by atoms with E-state index in [1.807, 2.05) is 6.92 Å². The summed E-state index contributed by atoms with van der Waals surface area (Å²) in [5.41, 5.74) is 0.512. The summed E-state index contributed by atoms with van der Waals surface area (Å²) in [6, 6.07) is 6.56. The van der Waals surface area contributed by atoms with Crippen LogP contribution < -0.4 is 10.2 Å². The number of nitrogens with one attached hydrogen (secondary N) is 1. The van der Waals surface area contributed by atoms with Gasteiger partial charge in [-0.1, -0.05) is 19.1 Å². The molecule has 1 aromatic rings. The lowest BCUT2D eigenvalue weighted by Gasteiger charge is -2.23. The van der Waals surface area contributed by atoms with Crippen molar-refractivity contribution in [2.24, 2.45) is 0 Å². The summed E-state index contributed by atoms with van der Waals surface area (Å²) >= 11 is 0. The van der Waals surface area contributed by atoms with Crippen LogP contribution in [0.5, 0.6) is 0 Å². The topological polar surface area (TPSA) is 35.5 Å². The number of para-hydroxylation sites is 1. The summed E-state index contributed by atoms with van der Waals surface area (Å²) in [5.74, 6) is -0.263. The monoisotopic (exact) mass is 226 g/mol. The molecule has 0 heterocycles. The third-order valence-corrected chi connectivity index (χ3v) is 2.38. The Hall–Kier alpha value is -1.13. The molecule has 0 aliphatic rings. The number of halogens is 1. The zero-order valence-corrected chi connectivity index (χ0v) is 9.78. The number of likely N-dealkylation sites (N-methyl/N-ethyl adjacent to an activating group) is 2. The number of hydrogen-bond donors (Lipinski definition) is 2. The van der Waals surface area contributed by atoms with Gasteiger partial charge in [0.1, 0.15) is 5.82 Å². The van der Waals surface area contributed by atoms with Crippen LogP contribution in [0.1, 0.15) is 6.92 Å². The summed E-state index contributed by atoms with van der Waals surface area (Å²) in [5, 5.41) is 12.7. The molecule has 0 saturated carbocycles. The maximum absolute atomic E-state index is 13.4. The summed E-state index contributed by atoms with van der Waals surface area (Å²) in [6.45, 7) is 3.73. The van der Waals surface area contributed by atoms with Gasteiger partial charge in [-0.25, -0.2) is 4.39 Å². The second kappa shape index (κ2) is 6.45. The molecule has 0 aliphatic heterocycles. The van der Waals surface area contributed by atoms with Gasteiger partial charge in [-0.15, -0.1) is 0 Å². The van der Waals surface area contributed by atoms with Crippen molar-refractivity contribution in [1.82, 2.24) is 5.32 Å². The molecule has 0 radical (unpaired) electrons. The first kappa shape index (κ1) is 12.9. The fraction of sp³-hybridized carbons (Fsp3) is 0.500. The number of aliphatic hydroxyl groups excluding tert-OH is 1. The molecular weight excluding hydrogens is 207 g/mol. The normalized spacial score (nSPS) is 12.5.